The maximum absolute atomic E-state index is 11.2. The summed E-state index contributed by atoms with van der Waals surface area (Å²) in [4.78, 5) is 11.2. The first kappa shape index (κ1) is 15.5. The highest BCUT2D eigenvalue weighted by Gasteiger charge is 2.18. The molecule has 0 saturated carbocycles. The molecule has 1 aromatic carbocycles. The van der Waals surface area contributed by atoms with Crippen molar-refractivity contribution in [2.24, 2.45) is 0 Å². The molecule has 0 atom stereocenters. The molecular formula is C15H23NO3. The lowest BCUT2D eigenvalue weighted by Gasteiger charge is -2.22. The quantitative estimate of drug-likeness (QED) is 0.802. The van der Waals surface area contributed by atoms with E-state index in [9.17, 15) is 4.79 Å². The summed E-state index contributed by atoms with van der Waals surface area (Å²) in [7, 11) is 1.50. The number of hydrogen-bond acceptors (Lipinski definition) is 3. The summed E-state index contributed by atoms with van der Waals surface area (Å²) in [5.41, 5.74) is 1.20. The molecule has 0 radical (unpaired) electrons. The number of carbonyl (C=O) groups is 1. The first-order valence-corrected chi connectivity index (χ1v) is 6.43. The predicted molar refractivity (Wildman–Crippen MR) is 75.5 cm³/mol. The topological polar surface area (TPSA) is 47.6 Å². The van der Waals surface area contributed by atoms with Gasteiger partial charge in [-0.05, 0) is 17.0 Å². The molecule has 0 unspecified atom stereocenters. The fourth-order valence-electron chi connectivity index (χ4n) is 1.75. The van der Waals surface area contributed by atoms with E-state index in [2.05, 4.69) is 32.2 Å². The van der Waals surface area contributed by atoms with E-state index in [-0.39, 0.29) is 17.9 Å². The summed E-state index contributed by atoms with van der Waals surface area (Å²) in [5.74, 6) is 0.742. The average Bonchev–Trinajstić information content (AvgIpc) is 2.34. The smallest absolute Gasteiger partial charge is 0.246 e. The molecule has 4 heteroatoms. The number of methoxy groups -OCH3 is 1. The Morgan fingerprint density at radius 1 is 1.26 bits per heavy atom. The molecule has 0 aromatic heterocycles. The Bertz CT molecular complexity index is 410. The van der Waals surface area contributed by atoms with Crippen LogP contribution < -0.4 is 10.1 Å². The summed E-state index contributed by atoms with van der Waals surface area (Å²) in [6.07, 6.45) is 0. The van der Waals surface area contributed by atoms with E-state index in [0.29, 0.717) is 13.2 Å². The van der Waals surface area contributed by atoms with E-state index in [4.69, 9.17) is 9.47 Å². The highest BCUT2D eigenvalue weighted by atomic mass is 16.5. The van der Waals surface area contributed by atoms with E-state index < -0.39 is 0 Å². The lowest BCUT2D eigenvalue weighted by atomic mass is 9.86. The Morgan fingerprint density at radius 2 is 1.95 bits per heavy atom. The van der Waals surface area contributed by atoms with Crippen LogP contribution in [-0.2, 0) is 14.9 Å². The van der Waals surface area contributed by atoms with Gasteiger partial charge in [0, 0.05) is 7.11 Å². The van der Waals surface area contributed by atoms with Crippen molar-refractivity contribution in [3.8, 4) is 5.75 Å². The van der Waals surface area contributed by atoms with Gasteiger partial charge in [0.1, 0.15) is 19.0 Å². The minimum absolute atomic E-state index is 0.0376. The number of rotatable bonds is 6. The van der Waals surface area contributed by atoms with E-state index in [0.717, 1.165) is 5.75 Å². The highest BCUT2D eigenvalue weighted by molar-refractivity contribution is 5.77. The van der Waals surface area contributed by atoms with E-state index in [1.807, 2.05) is 18.2 Å². The molecule has 0 heterocycles. The molecule has 1 rings (SSSR count). The van der Waals surface area contributed by atoms with Crippen LogP contribution in [0.3, 0.4) is 0 Å². The monoisotopic (exact) mass is 265 g/mol. The van der Waals surface area contributed by atoms with Gasteiger partial charge in [-0.15, -0.1) is 0 Å². The van der Waals surface area contributed by atoms with Crippen LogP contribution in [0, 0.1) is 0 Å². The standard InChI is InChI=1S/C15H23NO3/c1-15(2,3)12-7-5-6-8-13(12)19-10-9-16-14(17)11-18-4/h5-8H,9-11H2,1-4H3,(H,16,17). The Labute approximate surface area is 115 Å². The second kappa shape index (κ2) is 7.14. The van der Waals surface area contributed by atoms with Crippen molar-refractivity contribution >= 4 is 5.91 Å². The number of amides is 1. The lowest BCUT2D eigenvalue weighted by Crippen LogP contribution is -2.31. The maximum Gasteiger partial charge on any atom is 0.246 e. The zero-order chi connectivity index (χ0) is 14.3. The van der Waals surface area contributed by atoms with Crippen molar-refractivity contribution in [3.63, 3.8) is 0 Å². The third kappa shape index (κ3) is 5.30. The van der Waals surface area contributed by atoms with Crippen molar-refractivity contribution < 1.29 is 14.3 Å². The normalized spacial score (nSPS) is 11.2. The van der Waals surface area contributed by atoms with Gasteiger partial charge in [0.25, 0.3) is 0 Å². The number of hydrogen-bond donors (Lipinski definition) is 1. The van der Waals surface area contributed by atoms with Crippen molar-refractivity contribution in [3.05, 3.63) is 29.8 Å². The summed E-state index contributed by atoms with van der Waals surface area (Å²) >= 11 is 0. The van der Waals surface area contributed by atoms with Crippen molar-refractivity contribution in [2.75, 3.05) is 26.9 Å². The SMILES string of the molecule is COCC(=O)NCCOc1ccccc1C(C)(C)C. The van der Waals surface area contributed by atoms with E-state index in [1.165, 1.54) is 12.7 Å². The fourth-order valence-corrected chi connectivity index (χ4v) is 1.75. The van der Waals surface area contributed by atoms with Crippen LogP contribution in [0.5, 0.6) is 5.75 Å². The van der Waals surface area contributed by atoms with Gasteiger partial charge in [-0.25, -0.2) is 0 Å². The average molecular weight is 265 g/mol. The first-order chi connectivity index (χ1) is 8.95. The molecule has 0 spiro atoms. The van der Waals surface area contributed by atoms with Crippen LogP contribution in [0.15, 0.2) is 24.3 Å². The summed E-state index contributed by atoms with van der Waals surface area (Å²) in [6, 6.07) is 7.98. The molecule has 0 aliphatic heterocycles. The van der Waals surface area contributed by atoms with Gasteiger partial charge in [-0.3, -0.25) is 4.79 Å². The molecule has 0 aliphatic carbocycles. The van der Waals surface area contributed by atoms with Gasteiger partial charge in [-0.1, -0.05) is 39.0 Å². The number of benzene rings is 1. The molecule has 1 aromatic rings. The molecule has 19 heavy (non-hydrogen) atoms. The van der Waals surface area contributed by atoms with Crippen molar-refractivity contribution in [2.45, 2.75) is 26.2 Å². The lowest BCUT2D eigenvalue weighted by molar-refractivity contribution is -0.124. The molecular weight excluding hydrogens is 242 g/mol. The summed E-state index contributed by atoms with van der Waals surface area (Å²) in [6.45, 7) is 7.45. The molecule has 1 amide bonds. The molecule has 0 saturated heterocycles. The minimum Gasteiger partial charge on any atom is -0.491 e. The number of ether oxygens (including phenoxy) is 2. The zero-order valence-corrected chi connectivity index (χ0v) is 12.2. The Kier molecular flexibility index (Phi) is 5.83. The van der Waals surface area contributed by atoms with Crippen LogP contribution in [0.4, 0.5) is 0 Å². The molecule has 1 N–H and O–H groups in total. The van der Waals surface area contributed by atoms with Gasteiger partial charge in [0.2, 0.25) is 5.91 Å². The Morgan fingerprint density at radius 3 is 2.58 bits per heavy atom. The van der Waals surface area contributed by atoms with Crippen LogP contribution in [-0.4, -0.2) is 32.8 Å². The van der Waals surface area contributed by atoms with Crippen LogP contribution >= 0.6 is 0 Å². The second-order valence-electron chi connectivity index (χ2n) is 5.38. The fraction of sp³-hybridized carbons (Fsp3) is 0.533. The van der Waals surface area contributed by atoms with Crippen LogP contribution in [0.25, 0.3) is 0 Å². The van der Waals surface area contributed by atoms with Gasteiger partial charge in [0.15, 0.2) is 0 Å². The van der Waals surface area contributed by atoms with E-state index in [1.54, 1.807) is 0 Å². The van der Waals surface area contributed by atoms with Gasteiger partial charge in [-0.2, -0.15) is 0 Å². The van der Waals surface area contributed by atoms with Gasteiger partial charge in [0.05, 0.1) is 6.54 Å². The molecule has 0 fully saturated rings. The molecule has 106 valence electrons. The molecule has 0 bridgehead atoms. The van der Waals surface area contributed by atoms with E-state index >= 15 is 0 Å². The Balaban J connectivity index is 2.48. The van der Waals surface area contributed by atoms with Crippen LogP contribution in [0.2, 0.25) is 0 Å². The van der Waals surface area contributed by atoms with Crippen molar-refractivity contribution in [1.29, 1.82) is 0 Å². The molecule has 4 nitrogen and oxygen atoms in total. The second-order valence-corrected chi connectivity index (χ2v) is 5.38. The Hall–Kier alpha value is -1.55. The van der Waals surface area contributed by atoms with Gasteiger partial charge < -0.3 is 14.8 Å². The largest absolute Gasteiger partial charge is 0.491 e. The third-order valence-corrected chi connectivity index (χ3v) is 2.65. The number of carbonyl (C=O) groups excluding carboxylic acids is 1. The summed E-state index contributed by atoms with van der Waals surface area (Å²) in [5, 5.41) is 2.72. The predicted octanol–water partition coefficient (Wildman–Crippen LogP) is 2.13. The number of para-hydroxylation sites is 1. The third-order valence-electron chi connectivity index (χ3n) is 2.65. The van der Waals surface area contributed by atoms with Crippen LogP contribution in [0.1, 0.15) is 26.3 Å². The maximum atomic E-state index is 11.2. The summed E-state index contributed by atoms with van der Waals surface area (Å²) < 4.78 is 10.5. The van der Waals surface area contributed by atoms with Gasteiger partial charge >= 0.3 is 0 Å². The highest BCUT2D eigenvalue weighted by Crippen LogP contribution is 2.30. The minimum atomic E-state index is -0.129. The zero-order valence-electron chi connectivity index (χ0n) is 12.2. The number of nitrogens with one attached hydrogen (secondary N) is 1. The van der Waals surface area contributed by atoms with Crippen molar-refractivity contribution in [1.82, 2.24) is 5.32 Å². The molecule has 0 aliphatic rings. The first-order valence-electron chi connectivity index (χ1n) is 6.43.